The molecule has 0 radical (unpaired) electrons. The van der Waals surface area contributed by atoms with Crippen molar-refractivity contribution >= 4 is 11.3 Å². The molecular weight excluding hydrogens is 266 g/mol. The largest absolute Gasteiger partial charge is 0.309 e. The molecule has 0 aromatic carbocycles. The first-order valence-corrected chi connectivity index (χ1v) is 8.88. The van der Waals surface area contributed by atoms with Crippen LogP contribution in [0.4, 0.5) is 0 Å². The van der Waals surface area contributed by atoms with Crippen LogP contribution < -0.4 is 5.32 Å². The van der Waals surface area contributed by atoms with Crippen LogP contribution in [0.2, 0.25) is 0 Å². The highest BCUT2D eigenvalue weighted by atomic mass is 32.1. The van der Waals surface area contributed by atoms with Gasteiger partial charge in [0.25, 0.3) is 0 Å². The summed E-state index contributed by atoms with van der Waals surface area (Å²) < 4.78 is 0. The van der Waals surface area contributed by atoms with Gasteiger partial charge in [0, 0.05) is 42.3 Å². The zero-order valence-electron chi connectivity index (χ0n) is 12.8. The number of rotatable bonds is 3. The molecule has 4 heteroatoms. The van der Waals surface area contributed by atoms with Crippen LogP contribution in [0.15, 0.2) is 11.7 Å². The summed E-state index contributed by atoms with van der Waals surface area (Å²) >= 11 is 1.79. The summed E-state index contributed by atoms with van der Waals surface area (Å²) in [7, 11) is 0. The third-order valence-electron chi connectivity index (χ3n) is 4.89. The molecule has 1 aromatic rings. The van der Waals surface area contributed by atoms with Gasteiger partial charge in [0.05, 0.1) is 5.51 Å². The lowest BCUT2D eigenvalue weighted by Gasteiger charge is -2.48. The van der Waals surface area contributed by atoms with Gasteiger partial charge in [-0.25, -0.2) is 0 Å². The number of aromatic nitrogens is 1. The molecule has 1 aliphatic carbocycles. The second-order valence-corrected chi connectivity index (χ2v) is 8.07. The monoisotopic (exact) mass is 293 g/mol. The molecule has 1 saturated heterocycles. The van der Waals surface area contributed by atoms with Crippen molar-refractivity contribution in [2.45, 2.75) is 64.1 Å². The van der Waals surface area contributed by atoms with E-state index in [0.717, 1.165) is 25.6 Å². The van der Waals surface area contributed by atoms with E-state index in [-0.39, 0.29) is 5.54 Å². The van der Waals surface area contributed by atoms with Crippen molar-refractivity contribution < 1.29 is 0 Å². The van der Waals surface area contributed by atoms with E-state index in [9.17, 15) is 0 Å². The molecule has 2 heterocycles. The molecule has 0 bridgehead atoms. The van der Waals surface area contributed by atoms with Crippen LogP contribution in [0.5, 0.6) is 0 Å². The van der Waals surface area contributed by atoms with Gasteiger partial charge < -0.3 is 5.32 Å². The molecule has 3 nitrogen and oxygen atoms in total. The van der Waals surface area contributed by atoms with Crippen LogP contribution in [0.1, 0.15) is 50.8 Å². The molecule has 1 aromatic heterocycles. The standard InChI is InChI=1S/C16H27N3S/c1-16(2)11-19(10-14-8-17-12-20-14)15(9-18-16)13-6-4-3-5-7-13/h8,12-13,15,18H,3-7,9-11H2,1-2H3. The summed E-state index contributed by atoms with van der Waals surface area (Å²) in [6, 6.07) is 0.713. The van der Waals surface area contributed by atoms with E-state index in [2.05, 4.69) is 29.0 Å². The van der Waals surface area contributed by atoms with Crippen LogP contribution in [-0.2, 0) is 6.54 Å². The third-order valence-corrected chi connectivity index (χ3v) is 5.66. The molecular formula is C16H27N3S. The Morgan fingerprint density at radius 1 is 1.35 bits per heavy atom. The van der Waals surface area contributed by atoms with E-state index in [1.807, 2.05) is 11.7 Å². The van der Waals surface area contributed by atoms with Crippen LogP contribution in [0, 0.1) is 5.92 Å². The second-order valence-electron chi connectivity index (χ2n) is 7.10. The molecule has 2 fully saturated rings. The van der Waals surface area contributed by atoms with Crippen LogP contribution in [0.25, 0.3) is 0 Å². The van der Waals surface area contributed by atoms with Gasteiger partial charge in [-0.15, -0.1) is 11.3 Å². The van der Waals surface area contributed by atoms with Crippen molar-refractivity contribution in [3.63, 3.8) is 0 Å². The summed E-state index contributed by atoms with van der Waals surface area (Å²) in [6.07, 6.45) is 9.18. The molecule has 1 N–H and O–H groups in total. The first-order valence-electron chi connectivity index (χ1n) is 8.00. The Labute approximate surface area is 126 Å². The normalized spacial score (nSPS) is 28.6. The van der Waals surface area contributed by atoms with Crippen LogP contribution in [-0.4, -0.2) is 34.6 Å². The van der Waals surface area contributed by atoms with Crippen LogP contribution >= 0.6 is 11.3 Å². The number of hydrogen-bond donors (Lipinski definition) is 1. The van der Waals surface area contributed by atoms with Gasteiger partial charge in [-0.2, -0.15) is 0 Å². The minimum absolute atomic E-state index is 0.232. The van der Waals surface area contributed by atoms with E-state index in [0.29, 0.717) is 6.04 Å². The molecule has 112 valence electrons. The predicted octanol–water partition coefficient (Wildman–Crippen LogP) is 3.28. The Morgan fingerprint density at radius 3 is 2.85 bits per heavy atom. The first kappa shape index (κ1) is 14.5. The van der Waals surface area contributed by atoms with Gasteiger partial charge in [-0.1, -0.05) is 19.3 Å². The Balaban J connectivity index is 1.72. The Morgan fingerprint density at radius 2 is 2.15 bits per heavy atom. The van der Waals surface area contributed by atoms with E-state index in [4.69, 9.17) is 0 Å². The number of thiazole rings is 1. The molecule has 20 heavy (non-hydrogen) atoms. The fourth-order valence-electron chi connectivity index (χ4n) is 3.87. The molecule has 1 aliphatic heterocycles. The summed E-state index contributed by atoms with van der Waals surface area (Å²) in [5.41, 5.74) is 2.19. The lowest BCUT2D eigenvalue weighted by Crippen LogP contribution is -2.63. The van der Waals surface area contributed by atoms with Crippen molar-refractivity contribution in [2.75, 3.05) is 13.1 Å². The molecule has 0 spiro atoms. The van der Waals surface area contributed by atoms with Gasteiger partial charge in [-0.05, 0) is 32.6 Å². The quantitative estimate of drug-likeness (QED) is 0.927. The van der Waals surface area contributed by atoms with E-state index >= 15 is 0 Å². The topological polar surface area (TPSA) is 28.2 Å². The zero-order valence-corrected chi connectivity index (χ0v) is 13.6. The van der Waals surface area contributed by atoms with Gasteiger partial charge in [0.15, 0.2) is 0 Å². The van der Waals surface area contributed by atoms with Gasteiger partial charge in [0.1, 0.15) is 0 Å². The highest BCUT2D eigenvalue weighted by Crippen LogP contribution is 2.32. The maximum Gasteiger partial charge on any atom is 0.0794 e. The first-order chi connectivity index (χ1) is 9.64. The molecule has 1 unspecified atom stereocenters. The predicted molar refractivity (Wildman–Crippen MR) is 85.0 cm³/mol. The number of piperazine rings is 1. The minimum Gasteiger partial charge on any atom is -0.309 e. The zero-order chi connectivity index (χ0) is 14.0. The summed E-state index contributed by atoms with van der Waals surface area (Å²) in [5, 5.41) is 3.76. The van der Waals surface area contributed by atoms with E-state index in [1.54, 1.807) is 11.3 Å². The third kappa shape index (κ3) is 3.41. The Kier molecular flexibility index (Phi) is 4.43. The highest BCUT2D eigenvalue weighted by molar-refractivity contribution is 7.09. The van der Waals surface area contributed by atoms with Gasteiger partial charge >= 0.3 is 0 Å². The number of hydrogen-bond acceptors (Lipinski definition) is 4. The molecule has 1 atom stereocenters. The fraction of sp³-hybridized carbons (Fsp3) is 0.812. The molecule has 1 saturated carbocycles. The average Bonchev–Trinajstić information content (AvgIpc) is 2.92. The number of nitrogens with one attached hydrogen (secondary N) is 1. The maximum absolute atomic E-state index is 4.24. The molecule has 2 aliphatic rings. The average molecular weight is 293 g/mol. The SMILES string of the molecule is CC1(C)CN(Cc2cncs2)C(C2CCCCC2)CN1. The van der Waals surface area contributed by atoms with Crippen molar-refractivity contribution in [1.82, 2.24) is 15.2 Å². The van der Waals surface area contributed by atoms with Crippen molar-refractivity contribution in [3.05, 3.63) is 16.6 Å². The van der Waals surface area contributed by atoms with Crippen molar-refractivity contribution in [2.24, 2.45) is 5.92 Å². The second kappa shape index (κ2) is 6.12. The van der Waals surface area contributed by atoms with Gasteiger partial charge in [0.2, 0.25) is 0 Å². The van der Waals surface area contributed by atoms with E-state index in [1.165, 1.54) is 37.0 Å². The fourth-order valence-corrected chi connectivity index (χ4v) is 4.49. The van der Waals surface area contributed by atoms with Crippen molar-refractivity contribution in [1.29, 1.82) is 0 Å². The van der Waals surface area contributed by atoms with Gasteiger partial charge in [-0.3, -0.25) is 9.88 Å². The summed E-state index contributed by atoms with van der Waals surface area (Å²) in [4.78, 5) is 8.37. The van der Waals surface area contributed by atoms with Crippen molar-refractivity contribution in [3.8, 4) is 0 Å². The Hall–Kier alpha value is -0.450. The summed E-state index contributed by atoms with van der Waals surface area (Å²) in [6.45, 7) is 8.02. The lowest BCUT2D eigenvalue weighted by molar-refractivity contribution is 0.0426. The maximum atomic E-state index is 4.24. The van der Waals surface area contributed by atoms with Crippen LogP contribution in [0.3, 0.4) is 0 Å². The minimum atomic E-state index is 0.232. The number of nitrogens with zero attached hydrogens (tertiary/aromatic N) is 2. The van der Waals surface area contributed by atoms with E-state index < -0.39 is 0 Å². The molecule has 0 amide bonds. The highest BCUT2D eigenvalue weighted by Gasteiger charge is 2.36. The Bertz CT molecular complexity index is 409. The molecule has 3 rings (SSSR count). The summed E-state index contributed by atoms with van der Waals surface area (Å²) in [5.74, 6) is 0.889. The lowest BCUT2D eigenvalue weighted by atomic mass is 9.81. The smallest absolute Gasteiger partial charge is 0.0794 e.